The van der Waals surface area contributed by atoms with E-state index in [0.29, 0.717) is 30.4 Å². The van der Waals surface area contributed by atoms with Gasteiger partial charge in [-0.25, -0.2) is 9.37 Å². The van der Waals surface area contributed by atoms with E-state index in [1.807, 2.05) is 18.2 Å². The van der Waals surface area contributed by atoms with Crippen LogP contribution in [-0.2, 0) is 10.5 Å². The van der Waals surface area contributed by atoms with Crippen molar-refractivity contribution in [1.82, 2.24) is 10.3 Å². The number of aromatic nitrogens is 1. The second-order valence-corrected chi connectivity index (χ2v) is 8.36. The first-order valence-electron chi connectivity index (χ1n) is 9.47. The molecule has 0 bridgehead atoms. The lowest BCUT2D eigenvalue weighted by Gasteiger charge is -2.33. The normalized spacial score (nSPS) is 14.4. The second kappa shape index (κ2) is 10.5. The number of pyridine rings is 1. The van der Waals surface area contributed by atoms with Crippen molar-refractivity contribution in [3.05, 3.63) is 58.6 Å². The highest BCUT2D eigenvalue weighted by Crippen LogP contribution is 2.27. The van der Waals surface area contributed by atoms with Crippen LogP contribution in [0.5, 0.6) is 0 Å². The van der Waals surface area contributed by atoms with Crippen molar-refractivity contribution in [2.75, 3.05) is 30.3 Å². The van der Waals surface area contributed by atoms with Crippen LogP contribution in [0.25, 0.3) is 0 Å². The van der Waals surface area contributed by atoms with Gasteiger partial charge < -0.3 is 10.2 Å². The molecular weight excluding hydrogens is 411 g/mol. The molecule has 2 aromatic rings. The minimum atomic E-state index is -0.413. The van der Waals surface area contributed by atoms with E-state index in [4.69, 9.17) is 11.6 Å². The Labute approximate surface area is 179 Å². The molecule has 0 radical (unpaired) electrons. The average molecular weight is 433 g/mol. The van der Waals surface area contributed by atoms with Crippen LogP contribution in [0.3, 0.4) is 0 Å². The number of hydrogen-bond acceptors (Lipinski definition) is 5. The highest BCUT2D eigenvalue weighted by atomic mass is 35.5. The molecule has 5 nitrogen and oxygen atoms in total. The fourth-order valence-corrected chi connectivity index (χ4v) is 4.37. The van der Waals surface area contributed by atoms with Crippen LogP contribution in [0.15, 0.2) is 36.5 Å². The van der Waals surface area contributed by atoms with E-state index in [1.54, 1.807) is 24.0 Å². The first-order chi connectivity index (χ1) is 14.1. The van der Waals surface area contributed by atoms with E-state index in [2.05, 4.69) is 15.2 Å². The number of nitrogens with one attached hydrogen (secondary N) is 1. The summed E-state index contributed by atoms with van der Waals surface area (Å²) in [7, 11) is 0. The Morgan fingerprint density at radius 3 is 2.86 bits per heavy atom. The van der Waals surface area contributed by atoms with E-state index >= 15 is 0 Å². The summed E-state index contributed by atoms with van der Waals surface area (Å²) in [4.78, 5) is 18.4. The van der Waals surface area contributed by atoms with Crippen LogP contribution in [0.4, 0.5) is 10.1 Å². The third-order valence-electron chi connectivity index (χ3n) is 4.89. The monoisotopic (exact) mass is 432 g/mol. The standard InChI is InChI=1S/C21H22ClFN4OS/c22-20-11-15(3-6-25-20)14-29-10-7-26-21(28)16-4-8-27(9-5-16)19-2-1-18(23)12-17(19)13-24/h1-3,6,11-12,16H,4-5,7-10,14H2,(H,26,28). The van der Waals surface area contributed by atoms with Crippen molar-refractivity contribution in [3.8, 4) is 6.07 Å². The molecule has 0 saturated carbocycles. The van der Waals surface area contributed by atoms with E-state index in [9.17, 15) is 14.4 Å². The first kappa shape index (κ1) is 21.4. The van der Waals surface area contributed by atoms with Crippen molar-refractivity contribution in [2.45, 2.75) is 18.6 Å². The number of benzene rings is 1. The molecule has 1 amide bonds. The third kappa shape index (κ3) is 6.09. The molecule has 1 fully saturated rings. The number of nitriles is 1. The smallest absolute Gasteiger partial charge is 0.223 e. The van der Waals surface area contributed by atoms with Gasteiger partial charge in [0.1, 0.15) is 17.0 Å². The number of nitrogens with zero attached hydrogens (tertiary/aromatic N) is 3. The number of piperidine rings is 1. The molecule has 3 rings (SSSR count). The molecular formula is C21H22ClFN4OS. The van der Waals surface area contributed by atoms with Gasteiger partial charge in [0.2, 0.25) is 5.91 Å². The van der Waals surface area contributed by atoms with Gasteiger partial charge in [-0.3, -0.25) is 4.79 Å². The fourth-order valence-electron chi connectivity index (χ4n) is 3.37. The van der Waals surface area contributed by atoms with Gasteiger partial charge in [-0.2, -0.15) is 17.0 Å². The molecule has 1 aromatic carbocycles. The summed E-state index contributed by atoms with van der Waals surface area (Å²) >= 11 is 7.61. The lowest BCUT2D eigenvalue weighted by Crippen LogP contribution is -2.41. The van der Waals surface area contributed by atoms with Gasteiger partial charge in [0, 0.05) is 43.3 Å². The van der Waals surface area contributed by atoms with Gasteiger partial charge in [0.05, 0.1) is 11.3 Å². The minimum absolute atomic E-state index is 0.0266. The number of rotatable bonds is 7. The molecule has 2 heterocycles. The van der Waals surface area contributed by atoms with E-state index in [0.717, 1.165) is 35.6 Å². The highest BCUT2D eigenvalue weighted by molar-refractivity contribution is 7.98. The maximum atomic E-state index is 13.3. The summed E-state index contributed by atoms with van der Waals surface area (Å²) in [5.41, 5.74) is 2.19. The Morgan fingerprint density at radius 2 is 2.14 bits per heavy atom. The Kier molecular flexibility index (Phi) is 7.73. The summed E-state index contributed by atoms with van der Waals surface area (Å²) in [5, 5.41) is 12.7. The fraction of sp³-hybridized carbons (Fsp3) is 0.381. The van der Waals surface area contributed by atoms with Gasteiger partial charge in [-0.1, -0.05) is 11.6 Å². The molecule has 152 valence electrons. The van der Waals surface area contributed by atoms with Crippen LogP contribution in [0.1, 0.15) is 24.0 Å². The summed E-state index contributed by atoms with van der Waals surface area (Å²) in [6, 6.07) is 10.1. The molecule has 0 aliphatic carbocycles. The van der Waals surface area contributed by atoms with Crippen LogP contribution < -0.4 is 10.2 Å². The summed E-state index contributed by atoms with van der Waals surface area (Å²) in [5.74, 6) is 1.30. The summed E-state index contributed by atoms with van der Waals surface area (Å²) in [6.07, 6.45) is 3.13. The van der Waals surface area contributed by atoms with Crippen molar-refractivity contribution in [3.63, 3.8) is 0 Å². The zero-order valence-electron chi connectivity index (χ0n) is 15.9. The van der Waals surface area contributed by atoms with Crippen molar-refractivity contribution < 1.29 is 9.18 Å². The van der Waals surface area contributed by atoms with Crippen molar-refractivity contribution in [1.29, 1.82) is 5.26 Å². The third-order valence-corrected chi connectivity index (χ3v) is 6.13. The molecule has 0 spiro atoms. The van der Waals surface area contributed by atoms with Gasteiger partial charge in [0.25, 0.3) is 0 Å². The molecule has 8 heteroatoms. The molecule has 1 N–H and O–H groups in total. The molecule has 0 atom stereocenters. The zero-order valence-corrected chi connectivity index (χ0v) is 17.5. The second-order valence-electron chi connectivity index (χ2n) is 6.87. The molecule has 0 unspecified atom stereocenters. The maximum absolute atomic E-state index is 13.3. The quantitative estimate of drug-likeness (QED) is 0.528. The van der Waals surface area contributed by atoms with Crippen LogP contribution in [0.2, 0.25) is 5.15 Å². The van der Waals surface area contributed by atoms with Gasteiger partial charge in [-0.15, -0.1) is 0 Å². The Balaban J connectivity index is 1.38. The predicted molar refractivity (Wildman–Crippen MR) is 114 cm³/mol. The number of amides is 1. The maximum Gasteiger partial charge on any atom is 0.223 e. The van der Waals surface area contributed by atoms with Crippen molar-refractivity contribution >= 4 is 35.0 Å². The van der Waals surface area contributed by atoms with Crippen molar-refractivity contribution in [2.24, 2.45) is 5.92 Å². The van der Waals surface area contributed by atoms with Gasteiger partial charge in [-0.05, 0) is 48.7 Å². The Bertz CT molecular complexity index is 896. The highest BCUT2D eigenvalue weighted by Gasteiger charge is 2.26. The van der Waals surface area contributed by atoms with E-state index < -0.39 is 5.82 Å². The molecule has 1 aliphatic heterocycles. The number of anilines is 1. The Morgan fingerprint density at radius 1 is 1.34 bits per heavy atom. The van der Waals surface area contributed by atoms with E-state index in [1.165, 1.54) is 12.1 Å². The largest absolute Gasteiger partial charge is 0.370 e. The predicted octanol–water partition coefficient (Wildman–Crippen LogP) is 4.01. The van der Waals surface area contributed by atoms with Crippen LogP contribution in [-0.4, -0.2) is 36.3 Å². The molecule has 1 aromatic heterocycles. The average Bonchev–Trinajstić information content (AvgIpc) is 2.73. The Hall–Kier alpha value is -2.30. The zero-order chi connectivity index (χ0) is 20.6. The van der Waals surface area contributed by atoms with Gasteiger partial charge >= 0.3 is 0 Å². The topological polar surface area (TPSA) is 69.0 Å². The van der Waals surface area contributed by atoms with Gasteiger partial charge in [0.15, 0.2) is 0 Å². The lowest BCUT2D eigenvalue weighted by molar-refractivity contribution is -0.125. The number of halogens is 2. The van der Waals surface area contributed by atoms with Crippen LogP contribution >= 0.6 is 23.4 Å². The number of carbonyl (C=O) groups is 1. The summed E-state index contributed by atoms with van der Waals surface area (Å²) < 4.78 is 13.3. The minimum Gasteiger partial charge on any atom is -0.370 e. The SMILES string of the molecule is N#Cc1cc(F)ccc1N1CCC(C(=O)NCCSCc2ccnc(Cl)c2)CC1. The first-order valence-corrected chi connectivity index (χ1v) is 11.0. The molecule has 29 heavy (non-hydrogen) atoms. The summed E-state index contributed by atoms with van der Waals surface area (Å²) in [6.45, 7) is 1.98. The van der Waals surface area contributed by atoms with E-state index in [-0.39, 0.29) is 11.8 Å². The molecule has 1 aliphatic rings. The lowest BCUT2D eigenvalue weighted by atomic mass is 9.95. The number of carbonyl (C=O) groups excluding carboxylic acids is 1. The molecule has 1 saturated heterocycles. The number of hydrogen-bond donors (Lipinski definition) is 1. The number of thioether (sulfide) groups is 1. The van der Waals surface area contributed by atoms with Crippen LogP contribution in [0, 0.1) is 23.1 Å².